The van der Waals surface area contributed by atoms with Crippen LogP contribution in [0.25, 0.3) is 11.4 Å². The van der Waals surface area contributed by atoms with E-state index in [0.717, 1.165) is 13.0 Å². The maximum atomic E-state index is 10.3. The Balaban J connectivity index is 2.07. The van der Waals surface area contributed by atoms with Crippen LogP contribution in [0, 0.1) is 6.92 Å². The molecule has 0 unspecified atom stereocenters. The van der Waals surface area contributed by atoms with E-state index in [-0.39, 0.29) is 5.75 Å². The maximum Gasteiger partial charge on any atom is 0.166 e. The molecule has 0 spiro atoms. The van der Waals surface area contributed by atoms with Crippen LogP contribution in [0.1, 0.15) is 18.9 Å². The van der Waals surface area contributed by atoms with E-state index in [1.807, 2.05) is 0 Å². The minimum absolute atomic E-state index is 0.119. The Labute approximate surface area is 123 Å². The summed E-state index contributed by atoms with van der Waals surface area (Å²) in [7, 11) is 0. The van der Waals surface area contributed by atoms with Crippen molar-refractivity contribution in [2.24, 2.45) is 0 Å². The van der Waals surface area contributed by atoms with Gasteiger partial charge >= 0.3 is 0 Å². The number of hydrogen-bond acceptors (Lipinski definition) is 6. The molecule has 0 aliphatic carbocycles. The summed E-state index contributed by atoms with van der Waals surface area (Å²) in [5.41, 5.74) is 1.22. The molecule has 1 aromatic heterocycles. The molecule has 0 aliphatic rings. The average molecular weight is 289 g/mol. The lowest BCUT2D eigenvalue weighted by molar-refractivity contribution is 0.100. The van der Waals surface area contributed by atoms with Gasteiger partial charge in [-0.1, -0.05) is 6.92 Å². The molecule has 2 rings (SSSR count). The van der Waals surface area contributed by atoms with Crippen molar-refractivity contribution in [3.63, 3.8) is 0 Å². The molecule has 0 atom stereocenters. The summed E-state index contributed by atoms with van der Waals surface area (Å²) in [6, 6.07) is 3.54. The smallest absolute Gasteiger partial charge is 0.166 e. The van der Waals surface area contributed by atoms with E-state index in [9.17, 15) is 5.11 Å². The van der Waals surface area contributed by atoms with Crippen LogP contribution < -0.4 is 4.74 Å². The zero-order valence-corrected chi connectivity index (χ0v) is 12.2. The van der Waals surface area contributed by atoms with E-state index >= 15 is 0 Å². The van der Waals surface area contributed by atoms with Crippen LogP contribution in [0.4, 0.5) is 0 Å². The van der Waals surface area contributed by atoms with Crippen molar-refractivity contribution < 1.29 is 14.6 Å². The van der Waals surface area contributed by atoms with Crippen molar-refractivity contribution in [2.45, 2.75) is 20.3 Å². The first kappa shape index (κ1) is 15.2. The Morgan fingerprint density at radius 1 is 1.10 bits per heavy atom. The normalized spacial score (nSPS) is 10.6. The van der Waals surface area contributed by atoms with Crippen molar-refractivity contribution in [3.05, 3.63) is 30.4 Å². The van der Waals surface area contributed by atoms with Gasteiger partial charge in [0.05, 0.1) is 12.2 Å². The van der Waals surface area contributed by atoms with Crippen molar-refractivity contribution >= 4 is 0 Å². The predicted molar refractivity (Wildman–Crippen MR) is 78.3 cm³/mol. The van der Waals surface area contributed by atoms with E-state index in [0.29, 0.717) is 35.9 Å². The topological polar surface area (TPSA) is 77.4 Å². The van der Waals surface area contributed by atoms with Crippen molar-refractivity contribution in [1.29, 1.82) is 0 Å². The van der Waals surface area contributed by atoms with Crippen LogP contribution in [0.5, 0.6) is 11.5 Å². The van der Waals surface area contributed by atoms with Crippen molar-refractivity contribution in [3.8, 4) is 22.9 Å². The number of benzene rings is 1. The molecule has 1 N–H and O–H groups in total. The van der Waals surface area contributed by atoms with Crippen molar-refractivity contribution in [1.82, 2.24) is 15.0 Å². The number of hydrogen-bond donors (Lipinski definition) is 1. The lowest BCUT2D eigenvalue weighted by Crippen LogP contribution is -2.08. The van der Waals surface area contributed by atoms with Crippen LogP contribution in [-0.2, 0) is 4.74 Å². The Kier molecular flexibility index (Phi) is 5.45. The minimum atomic E-state index is 0.119. The minimum Gasteiger partial charge on any atom is -0.507 e. The Hall–Kier alpha value is -2.21. The number of phenolic OH excluding ortho intramolecular Hbond substituents is 1. The van der Waals surface area contributed by atoms with Crippen LogP contribution in [0.3, 0.4) is 0 Å². The maximum absolute atomic E-state index is 10.3. The molecule has 1 aromatic carbocycles. The SMILES string of the molecule is CCCOCCOc1ccc(-c2ncncn2)c(O)c1C. The number of nitrogens with zero attached hydrogens (tertiary/aromatic N) is 3. The van der Waals surface area contributed by atoms with E-state index in [1.165, 1.54) is 12.7 Å². The summed E-state index contributed by atoms with van der Waals surface area (Å²) >= 11 is 0. The molecule has 0 saturated carbocycles. The predicted octanol–water partition coefficient (Wildman–Crippen LogP) is 2.36. The highest BCUT2D eigenvalue weighted by atomic mass is 16.5. The van der Waals surface area contributed by atoms with E-state index in [4.69, 9.17) is 9.47 Å². The third-order valence-corrected chi connectivity index (χ3v) is 2.95. The fourth-order valence-corrected chi connectivity index (χ4v) is 1.85. The molecule has 112 valence electrons. The number of phenols is 1. The summed E-state index contributed by atoms with van der Waals surface area (Å²) < 4.78 is 11.0. The summed E-state index contributed by atoms with van der Waals surface area (Å²) in [5.74, 6) is 1.18. The quantitative estimate of drug-likeness (QED) is 0.788. The van der Waals surface area contributed by atoms with Gasteiger partial charge in [0, 0.05) is 12.2 Å². The van der Waals surface area contributed by atoms with Crippen LogP contribution >= 0.6 is 0 Å². The number of ether oxygens (including phenoxy) is 2. The molecular formula is C15H19N3O3. The van der Waals surface area contributed by atoms with Gasteiger partial charge in [0.2, 0.25) is 0 Å². The Bertz CT molecular complexity index is 576. The zero-order valence-electron chi connectivity index (χ0n) is 12.2. The third-order valence-electron chi connectivity index (χ3n) is 2.95. The molecular weight excluding hydrogens is 270 g/mol. The van der Waals surface area contributed by atoms with Gasteiger partial charge in [-0.05, 0) is 25.5 Å². The lowest BCUT2D eigenvalue weighted by Gasteiger charge is -2.12. The summed E-state index contributed by atoms with van der Waals surface area (Å²) in [5, 5.41) is 10.3. The first-order valence-electron chi connectivity index (χ1n) is 6.89. The van der Waals surface area contributed by atoms with Gasteiger partial charge in [-0.25, -0.2) is 15.0 Å². The first-order chi connectivity index (χ1) is 10.2. The van der Waals surface area contributed by atoms with Gasteiger partial charge in [0.15, 0.2) is 5.82 Å². The Morgan fingerprint density at radius 3 is 2.57 bits per heavy atom. The Morgan fingerprint density at radius 2 is 1.86 bits per heavy atom. The fraction of sp³-hybridized carbons (Fsp3) is 0.400. The highest BCUT2D eigenvalue weighted by molar-refractivity contribution is 5.68. The fourth-order valence-electron chi connectivity index (χ4n) is 1.85. The summed E-state index contributed by atoms with van der Waals surface area (Å²) in [6.07, 6.45) is 3.78. The van der Waals surface area contributed by atoms with E-state index in [2.05, 4.69) is 21.9 Å². The van der Waals surface area contributed by atoms with Crippen LogP contribution in [0.15, 0.2) is 24.8 Å². The van der Waals surface area contributed by atoms with Gasteiger partial charge in [-0.15, -0.1) is 0 Å². The third kappa shape index (κ3) is 3.88. The number of rotatable bonds is 7. The summed E-state index contributed by atoms with van der Waals surface area (Å²) in [4.78, 5) is 11.8. The standard InChI is InChI=1S/C15H19N3O3/c1-3-6-20-7-8-21-13-5-4-12(14(19)11(13)2)15-17-9-16-10-18-15/h4-5,9-10,19H,3,6-8H2,1-2H3. The average Bonchev–Trinajstić information content (AvgIpc) is 2.52. The molecule has 0 radical (unpaired) electrons. The highest BCUT2D eigenvalue weighted by Gasteiger charge is 2.13. The second kappa shape index (κ2) is 7.54. The number of aromatic hydroxyl groups is 1. The number of aromatic nitrogens is 3. The molecule has 21 heavy (non-hydrogen) atoms. The molecule has 1 heterocycles. The monoisotopic (exact) mass is 289 g/mol. The van der Waals surface area contributed by atoms with Crippen LogP contribution in [0.2, 0.25) is 0 Å². The van der Waals surface area contributed by atoms with Gasteiger partial charge in [0.25, 0.3) is 0 Å². The molecule has 2 aromatic rings. The van der Waals surface area contributed by atoms with Crippen molar-refractivity contribution in [2.75, 3.05) is 19.8 Å². The summed E-state index contributed by atoms with van der Waals surface area (Å²) in [6.45, 7) is 5.56. The molecule has 6 nitrogen and oxygen atoms in total. The second-order valence-corrected chi connectivity index (χ2v) is 4.51. The van der Waals surface area contributed by atoms with Crippen LogP contribution in [-0.4, -0.2) is 39.9 Å². The highest BCUT2D eigenvalue weighted by Crippen LogP contribution is 2.35. The molecule has 0 amide bonds. The van der Waals surface area contributed by atoms with Gasteiger partial charge in [-0.3, -0.25) is 0 Å². The second-order valence-electron chi connectivity index (χ2n) is 4.51. The van der Waals surface area contributed by atoms with E-state index < -0.39 is 0 Å². The molecule has 0 fully saturated rings. The first-order valence-corrected chi connectivity index (χ1v) is 6.89. The van der Waals surface area contributed by atoms with Gasteiger partial charge < -0.3 is 14.6 Å². The molecule has 0 saturated heterocycles. The zero-order chi connectivity index (χ0) is 15.1. The lowest BCUT2D eigenvalue weighted by atomic mass is 10.1. The largest absolute Gasteiger partial charge is 0.507 e. The van der Waals surface area contributed by atoms with E-state index in [1.54, 1.807) is 19.1 Å². The van der Waals surface area contributed by atoms with Gasteiger partial charge in [0.1, 0.15) is 30.8 Å². The molecule has 0 aliphatic heterocycles. The molecule has 6 heteroatoms. The van der Waals surface area contributed by atoms with Gasteiger partial charge in [-0.2, -0.15) is 0 Å². The molecule has 0 bridgehead atoms.